The standard InChI is InChI=1S/C13H19NO2S/c1-16-12-4-2-3-11(7-12)14-13(8-15)10-5-6-17-9-10/h2-4,7,10,13-15H,5-6,8-9H2,1H3. The Hall–Kier alpha value is -0.870. The lowest BCUT2D eigenvalue weighted by Gasteiger charge is -2.23. The maximum absolute atomic E-state index is 9.47. The van der Waals surface area contributed by atoms with Crippen molar-refractivity contribution in [3.8, 4) is 5.75 Å². The number of ether oxygens (including phenoxy) is 1. The number of thioether (sulfide) groups is 1. The highest BCUT2D eigenvalue weighted by molar-refractivity contribution is 7.99. The molecule has 2 N–H and O–H groups in total. The van der Waals surface area contributed by atoms with E-state index >= 15 is 0 Å². The van der Waals surface area contributed by atoms with Gasteiger partial charge in [0.15, 0.2) is 0 Å². The van der Waals surface area contributed by atoms with E-state index in [0.717, 1.165) is 17.2 Å². The predicted octanol–water partition coefficient (Wildman–Crippen LogP) is 2.22. The van der Waals surface area contributed by atoms with Crippen molar-refractivity contribution in [3.05, 3.63) is 24.3 Å². The molecule has 3 nitrogen and oxygen atoms in total. The van der Waals surface area contributed by atoms with Crippen LogP contribution in [0.2, 0.25) is 0 Å². The highest BCUT2D eigenvalue weighted by Gasteiger charge is 2.24. The van der Waals surface area contributed by atoms with E-state index in [4.69, 9.17) is 4.74 Å². The third kappa shape index (κ3) is 3.30. The molecule has 1 aromatic rings. The van der Waals surface area contributed by atoms with Gasteiger partial charge in [-0.15, -0.1) is 0 Å². The highest BCUT2D eigenvalue weighted by atomic mass is 32.2. The summed E-state index contributed by atoms with van der Waals surface area (Å²) in [6, 6.07) is 8.00. The van der Waals surface area contributed by atoms with E-state index in [9.17, 15) is 5.11 Å². The van der Waals surface area contributed by atoms with Gasteiger partial charge in [0.1, 0.15) is 5.75 Å². The Balaban J connectivity index is 2.01. The summed E-state index contributed by atoms with van der Waals surface area (Å²) in [5, 5.41) is 12.9. The average Bonchev–Trinajstić information content (AvgIpc) is 2.90. The molecular weight excluding hydrogens is 234 g/mol. The Bertz CT molecular complexity index is 353. The van der Waals surface area contributed by atoms with Crippen molar-refractivity contribution < 1.29 is 9.84 Å². The van der Waals surface area contributed by atoms with Crippen LogP contribution >= 0.6 is 11.8 Å². The van der Waals surface area contributed by atoms with Gasteiger partial charge in [0.05, 0.1) is 19.8 Å². The Morgan fingerprint density at radius 1 is 1.59 bits per heavy atom. The quantitative estimate of drug-likeness (QED) is 0.844. The van der Waals surface area contributed by atoms with Gasteiger partial charge in [-0.05, 0) is 36.0 Å². The van der Waals surface area contributed by atoms with Crippen molar-refractivity contribution in [2.75, 3.05) is 30.5 Å². The molecule has 1 aliphatic rings. The third-order valence-electron chi connectivity index (χ3n) is 3.15. The van der Waals surface area contributed by atoms with Gasteiger partial charge in [-0.2, -0.15) is 11.8 Å². The Morgan fingerprint density at radius 3 is 3.12 bits per heavy atom. The van der Waals surface area contributed by atoms with E-state index in [-0.39, 0.29) is 12.6 Å². The van der Waals surface area contributed by atoms with E-state index in [0.29, 0.717) is 5.92 Å². The van der Waals surface area contributed by atoms with Crippen molar-refractivity contribution >= 4 is 17.4 Å². The Morgan fingerprint density at radius 2 is 2.47 bits per heavy atom. The van der Waals surface area contributed by atoms with Crippen molar-refractivity contribution in [3.63, 3.8) is 0 Å². The van der Waals surface area contributed by atoms with Gasteiger partial charge in [-0.1, -0.05) is 6.07 Å². The number of benzene rings is 1. The van der Waals surface area contributed by atoms with Crippen molar-refractivity contribution in [2.24, 2.45) is 5.92 Å². The summed E-state index contributed by atoms with van der Waals surface area (Å²) in [5.41, 5.74) is 1.01. The number of rotatable bonds is 5. The molecular formula is C13H19NO2S. The smallest absolute Gasteiger partial charge is 0.120 e. The molecule has 0 amide bonds. The topological polar surface area (TPSA) is 41.5 Å². The van der Waals surface area contributed by atoms with E-state index in [2.05, 4.69) is 5.32 Å². The molecule has 1 fully saturated rings. The molecule has 0 radical (unpaired) electrons. The molecule has 2 rings (SSSR count). The molecule has 2 atom stereocenters. The molecule has 0 aliphatic carbocycles. The second kappa shape index (κ2) is 6.17. The van der Waals surface area contributed by atoms with Crippen LogP contribution in [-0.2, 0) is 0 Å². The minimum absolute atomic E-state index is 0.150. The minimum atomic E-state index is 0.150. The van der Waals surface area contributed by atoms with Crippen LogP contribution in [0.5, 0.6) is 5.75 Å². The number of hydrogen-bond donors (Lipinski definition) is 2. The maximum atomic E-state index is 9.47. The molecule has 0 aromatic heterocycles. The molecule has 1 aromatic carbocycles. The van der Waals surface area contributed by atoms with Gasteiger partial charge in [0.25, 0.3) is 0 Å². The van der Waals surface area contributed by atoms with Crippen LogP contribution in [-0.4, -0.2) is 36.4 Å². The summed E-state index contributed by atoms with van der Waals surface area (Å²) >= 11 is 1.97. The molecule has 0 saturated carbocycles. The third-order valence-corrected chi connectivity index (χ3v) is 4.34. The van der Waals surface area contributed by atoms with Gasteiger partial charge in [-0.3, -0.25) is 0 Å². The molecule has 0 bridgehead atoms. The van der Waals surface area contributed by atoms with E-state index in [1.54, 1.807) is 7.11 Å². The van der Waals surface area contributed by atoms with Gasteiger partial charge in [0.2, 0.25) is 0 Å². The molecule has 1 saturated heterocycles. The monoisotopic (exact) mass is 253 g/mol. The molecule has 94 valence electrons. The molecule has 0 spiro atoms. The van der Waals surface area contributed by atoms with Crippen molar-refractivity contribution in [2.45, 2.75) is 12.5 Å². The van der Waals surface area contributed by atoms with Gasteiger partial charge >= 0.3 is 0 Å². The number of aliphatic hydroxyl groups is 1. The van der Waals surface area contributed by atoms with Crippen LogP contribution in [0.3, 0.4) is 0 Å². The highest BCUT2D eigenvalue weighted by Crippen LogP contribution is 2.28. The number of hydrogen-bond acceptors (Lipinski definition) is 4. The zero-order chi connectivity index (χ0) is 12.1. The minimum Gasteiger partial charge on any atom is -0.497 e. The summed E-state index contributed by atoms with van der Waals surface area (Å²) in [5.74, 6) is 3.76. The molecule has 1 aliphatic heterocycles. The second-order valence-electron chi connectivity index (χ2n) is 4.29. The number of methoxy groups -OCH3 is 1. The molecule has 2 unspecified atom stereocenters. The van der Waals surface area contributed by atoms with Crippen LogP contribution < -0.4 is 10.1 Å². The first-order chi connectivity index (χ1) is 8.33. The number of aliphatic hydroxyl groups excluding tert-OH is 1. The van der Waals surface area contributed by atoms with Gasteiger partial charge in [-0.25, -0.2) is 0 Å². The lowest BCUT2D eigenvalue weighted by molar-refractivity contribution is 0.245. The van der Waals surface area contributed by atoms with Crippen LogP contribution in [0.1, 0.15) is 6.42 Å². The summed E-state index contributed by atoms with van der Waals surface area (Å²) in [6.45, 7) is 0.183. The van der Waals surface area contributed by atoms with Crippen LogP contribution in [0.25, 0.3) is 0 Å². The van der Waals surface area contributed by atoms with E-state index in [1.807, 2.05) is 36.0 Å². The molecule has 1 heterocycles. The zero-order valence-electron chi connectivity index (χ0n) is 10.1. The van der Waals surface area contributed by atoms with Crippen molar-refractivity contribution in [1.29, 1.82) is 0 Å². The van der Waals surface area contributed by atoms with Crippen LogP contribution in [0.4, 0.5) is 5.69 Å². The molecule has 17 heavy (non-hydrogen) atoms. The SMILES string of the molecule is COc1cccc(NC(CO)C2CCSC2)c1. The Labute approximate surface area is 107 Å². The first kappa shape index (κ1) is 12.6. The summed E-state index contributed by atoms with van der Waals surface area (Å²) < 4.78 is 5.19. The normalized spacial score (nSPS) is 21.2. The maximum Gasteiger partial charge on any atom is 0.120 e. The first-order valence-electron chi connectivity index (χ1n) is 5.92. The predicted molar refractivity (Wildman–Crippen MR) is 72.9 cm³/mol. The zero-order valence-corrected chi connectivity index (χ0v) is 10.9. The summed E-state index contributed by atoms with van der Waals surface area (Å²) in [4.78, 5) is 0. The summed E-state index contributed by atoms with van der Waals surface area (Å²) in [6.07, 6.45) is 1.19. The van der Waals surface area contributed by atoms with E-state index in [1.165, 1.54) is 12.2 Å². The van der Waals surface area contributed by atoms with Gasteiger partial charge in [0, 0.05) is 11.8 Å². The lowest BCUT2D eigenvalue weighted by atomic mass is 9.99. The lowest BCUT2D eigenvalue weighted by Crippen LogP contribution is -2.32. The largest absolute Gasteiger partial charge is 0.497 e. The van der Waals surface area contributed by atoms with Crippen LogP contribution in [0.15, 0.2) is 24.3 Å². The second-order valence-corrected chi connectivity index (χ2v) is 5.44. The van der Waals surface area contributed by atoms with Crippen LogP contribution in [0, 0.1) is 5.92 Å². The van der Waals surface area contributed by atoms with Gasteiger partial charge < -0.3 is 15.2 Å². The fourth-order valence-corrected chi connectivity index (χ4v) is 3.45. The first-order valence-corrected chi connectivity index (χ1v) is 7.08. The van der Waals surface area contributed by atoms with E-state index < -0.39 is 0 Å². The summed E-state index contributed by atoms with van der Waals surface area (Å²) in [7, 11) is 1.66. The fourth-order valence-electron chi connectivity index (χ4n) is 2.11. The average molecular weight is 253 g/mol. The fraction of sp³-hybridized carbons (Fsp3) is 0.538. The Kier molecular flexibility index (Phi) is 4.57. The van der Waals surface area contributed by atoms with Crippen molar-refractivity contribution in [1.82, 2.24) is 0 Å². The number of anilines is 1. The molecule has 4 heteroatoms. The number of nitrogens with one attached hydrogen (secondary N) is 1.